The van der Waals surface area contributed by atoms with Crippen LogP contribution < -0.4 is 61.3 Å². The zero-order valence-corrected chi connectivity index (χ0v) is 75.9. The maximum atomic E-state index is 11.4. The maximum Gasteiger partial charge on any atom is 3.00 e. The molecule has 604 valence electrons. The predicted molar refractivity (Wildman–Crippen MR) is 380 cm³/mol. The number of hydrogen-bond acceptors (Lipinski definition) is 18. The average molecular weight is 1620 g/mol. The fraction of sp³-hybridized carbons (Fsp3) is 0.775. The molecule has 102 heavy (non-hydrogen) atoms. The molecule has 0 spiro atoms. The van der Waals surface area contributed by atoms with E-state index in [1.54, 1.807) is 41.5 Å². The van der Waals surface area contributed by atoms with E-state index in [0.717, 1.165) is 0 Å². The predicted octanol–water partition coefficient (Wildman–Crippen LogP) is 7.54. The van der Waals surface area contributed by atoms with Crippen LogP contribution in [0.15, 0.2) is 71.0 Å². The van der Waals surface area contributed by atoms with Crippen LogP contribution in [0.4, 0.5) is 0 Å². The standard InChI is InChI=1S/6C11H20O2.C8H15O3.3C2H5O.4Fe/c6*1-10(2,3)8(12)7-9(13)11(4,5)6;1-7(2,3)8(4-9,5-10)6-11;3*1-2-3;;;;/h6*7,12H,1-6H3;4-6H2,1-3H3;3*2H2,1H3;;;;/q;;;;;;-3;3*-1;4*+3/p-6/b6*8-7-;;;;;;;;. The SMILES string of the molecule is CC(C)(C)C(=O)/C=C(\[O-])C(C)(C)C.CC(C)(C)C(=O)/C=C(\[O-])C(C)(C)C.CC(C)(C)C(=O)/C=C(\[O-])C(C)(C)C.CC(C)(C)C(=O)/C=C(\[O-])C(C)(C)C.CC(C)(C)C(=O)/C=C(\[O-])C(C)(C)C.CC(C)(C)C(=O)/C=C(\[O-])C(C)(C)C.CC(C)(C)C(C[O-])(C[O-])C[O-].CC[O-].CC[O-].CC[O-].[Fe+3].[Fe+3].[Fe+3].[Fe+3]. The van der Waals surface area contributed by atoms with Gasteiger partial charge >= 0.3 is 68.3 Å². The van der Waals surface area contributed by atoms with Crippen molar-refractivity contribution in [2.24, 2.45) is 75.8 Å². The number of allylic oxidation sites excluding steroid dienone is 12. The number of carbonyl (C=O) groups is 6. The third-order valence-corrected chi connectivity index (χ3v) is 12.9. The first-order valence-corrected chi connectivity index (χ1v) is 33.6. The van der Waals surface area contributed by atoms with Gasteiger partial charge in [0, 0.05) is 32.5 Å². The quantitative estimate of drug-likeness (QED) is 0.122. The summed E-state index contributed by atoms with van der Waals surface area (Å²) in [7, 11) is 0. The Morgan fingerprint density at radius 2 is 0.284 bits per heavy atom. The molecule has 0 aliphatic heterocycles. The minimum absolute atomic E-state index is 0. The summed E-state index contributed by atoms with van der Waals surface area (Å²) in [6, 6.07) is 0. The van der Waals surface area contributed by atoms with Gasteiger partial charge in [0.15, 0.2) is 34.7 Å². The Hall–Kier alpha value is -2.90. The Labute approximate surface area is 665 Å². The van der Waals surface area contributed by atoms with E-state index in [1.165, 1.54) is 36.5 Å². The molecule has 0 N–H and O–H groups in total. The number of hydrogen-bond donors (Lipinski definition) is 0. The maximum absolute atomic E-state index is 11.4. The molecule has 0 aromatic heterocycles. The zero-order chi connectivity index (χ0) is 82.4. The second-order valence-corrected chi connectivity index (χ2v) is 37.1. The smallest absolute Gasteiger partial charge is 0.875 e. The molecule has 0 heterocycles. The summed E-state index contributed by atoms with van der Waals surface area (Å²) >= 11 is 0. The van der Waals surface area contributed by atoms with E-state index >= 15 is 0 Å². The second kappa shape index (κ2) is 55.5. The van der Waals surface area contributed by atoms with Crippen LogP contribution in [0.25, 0.3) is 0 Å². The molecular formula is C80H144Fe4O18. The van der Waals surface area contributed by atoms with Crippen LogP contribution in [-0.4, -0.2) is 74.3 Å². The molecule has 18 nitrogen and oxygen atoms in total. The first kappa shape index (κ1) is 132. The summed E-state index contributed by atoms with van der Waals surface area (Å²) in [5, 5.41) is 127. The van der Waals surface area contributed by atoms with Crippen molar-refractivity contribution in [1.29, 1.82) is 0 Å². The topological polar surface area (TPSA) is 379 Å². The van der Waals surface area contributed by atoms with Gasteiger partial charge in [-0.15, -0.1) is 74.2 Å². The molecule has 0 rings (SSSR count). The van der Waals surface area contributed by atoms with E-state index in [4.69, 9.17) is 15.3 Å². The molecule has 0 unspecified atom stereocenters. The fourth-order valence-corrected chi connectivity index (χ4v) is 4.09. The van der Waals surface area contributed by atoms with Gasteiger partial charge in [0.05, 0.1) is 0 Å². The third kappa shape index (κ3) is 72.6. The van der Waals surface area contributed by atoms with E-state index in [1.807, 2.05) is 249 Å². The number of ketones is 6. The van der Waals surface area contributed by atoms with Crippen LogP contribution in [-0.2, 0) is 97.0 Å². The van der Waals surface area contributed by atoms with Crippen molar-refractivity contribution in [3.05, 3.63) is 71.0 Å². The summed E-state index contributed by atoms with van der Waals surface area (Å²) in [6.45, 7) is 73.4. The summed E-state index contributed by atoms with van der Waals surface area (Å²) in [5.41, 5.74) is -7.07. The van der Waals surface area contributed by atoms with Crippen molar-refractivity contribution in [3.63, 3.8) is 0 Å². The van der Waals surface area contributed by atoms with Gasteiger partial charge in [0.2, 0.25) is 0 Å². The van der Waals surface area contributed by atoms with Crippen molar-refractivity contribution in [3.8, 4) is 0 Å². The van der Waals surface area contributed by atoms with E-state index in [0.29, 0.717) is 0 Å². The van der Waals surface area contributed by atoms with Gasteiger partial charge < -0.3 is 61.3 Å². The van der Waals surface area contributed by atoms with Gasteiger partial charge in [-0.25, -0.2) is 0 Å². The van der Waals surface area contributed by atoms with Crippen molar-refractivity contribution in [2.75, 3.05) is 39.6 Å². The van der Waals surface area contributed by atoms with Crippen molar-refractivity contribution in [2.45, 2.75) is 291 Å². The molecule has 4 radical (unpaired) electrons. The Morgan fingerprint density at radius 1 is 0.206 bits per heavy atom. The van der Waals surface area contributed by atoms with Crippen LogP contribution in [0.2, 0.25) is 0 Å². The molecule has 0 atom stereocenters. The zero-order valence-electron chi connectivity index (χ0n) is 71.5. The summed E-state index contributed by atoms with van der Waals surface area (Å²) in [4.78, 5) is 68.7. The van der Waals surface area contributed by atoms with Gasteiger partial charge in [-0.2, -0.15) is 0 Å². The molecule has 0 amide bonds. The molecule has 0 aliphatic rings. The van der Waals surface area contributed by atoms with Crippen molar-refractivity contribution < 1.29 is 158 Å². The third-order valence-electron chi connectivity index (χ3n) is 12.9. The van der Waals surface area contributed by atoms with Crippen LogP contribution in [0.5, 0.6) is 0 Å². The van der Waals surface area contributed by atoms with Gasteiger partial charge in [-0.1, -0.05) is 296 Å². The van der Waals surface area contributed by atoms with Crippen LogP contribution in [0.1, 0.15) is 291 Å². The van der Waals surface area contributed by atoms with E-state index in [9.17, 15) is 74.7 Å². The molecule has 22 heteroatoms. The van der Waals surface area contributed by atoms with Crippen LogP contribution >= 0.6 is 0 Å². The normalized spacial score (nSPS) is 13.1. The fourth-order valence-electron chi connectivity index (χ4n) is 4.09. The number of carbonyl (C=O) groups excluding carboxylic acids is 6. The van der Waals surface area contributed by atoms with Crippen LogP contribution in [0.3, 0.4) is 0 Å². The van der Waals surface area contributed by atoms with Gasteiger partial charge in [0.1, 0.15) is 0 Å². The first-order valence-electron chi connectivity index (χ1n) is 33.6. The first-order chi connectivity index (χ1) is 42.5. The van der Waals surface area contributed by atoms with Crippen molar-refractivity contribution in [1.82, 2.24) is 0 Å². The Morgan fingerprint density at radius 3 is 0.314 bits per heavy atom. The van der Waals surface area contributed by atoms with Gasteiger partial charge in [0.25, 0.3) is 0 Å². The van der Waals surface area contributed by atoms with E-state index in [-0.39, 0.29) is 157 Å². The minimum Gasteiger partial charge on any atom is -0.875 e. The molecule has 0 saturated carbocycles. The van der Waals surface area contributed by atoms with E-state index < -0.39 is 95.6 Å². The molecular weight excluding hydrogens is 1470 g/mol. The summed E-state index contributed by atoms with van der Waals surface area (Å²) in [6.07, 6.45) is 7.33. The largest absolute Gasteiger partial charge is 3.00 e. The molecule has 0 aromatic rings. The van der Waals surface area contributed by atoms with Gasteiger partial charge in [-0.3, -0.25) is 28.8 Å². The van der Waals surface area contributed by atoms with Gasteiger partial charge in [-0.05, 0) is 74.4 Å². The Balaban J connectivity index is -0.0000000718. The molecule has 0 aromatic carbocycles. The second-order valence-electron chi connectivity index (χ2n) is 37.1. The Bertz CT molecular complexity index is 2080. The monoisotopic (exact) mass is 1620 g/mol. The van der Waals surface area contributed by atoms with Crippen LogP contribution in [0, 0.1) is 75.8 Å². The van der Waals surface area contributed by atoms with Crippen molar-refractivity contribution >= 4 is 34.7 Å². The molecule has 0 saturated heterocycles. The summed E-state index contributed by atoms with van der Waals surface area (Å²) < 4.78 is 0. The molecule has 0 aliphatic carbocycles. The summed E-state index contributed by atoms with van der Waals surface area (Å²) in [5.74, 6) is -1.25. The number of rotatable bonds is 9. The molecule has 0 bridgehead atoms. The minimum atomic E-state index is -1.10. The average Bonchev–Trinajstić information content (AvgIpc) is 0.825. The Kier molecular flexibility index (Phi) is 71.6. The van der Waals surface area contributed by atoms with E-state index in [2.05, 4.69) is 0 Å². The molecule has 0 fully saturated rings.